The summed E-state index contributed by atoms with van der Waals surface area (Å²) in [4.78, 5) is 43.0. The van der Waals surface area contributed by atoms with Crippen LogP contribution in [0.4, 0.5) is 0 Å². The highest BCUT2D eigenvalue weighted by Crippen LogP contribution is 2.20. The molecule has 31 heavy (non-hydrogen) atoms. The molecule has 1 fully saturated rings. The summed E-state index contributed by atoms with van der Waals surface area (Å²) in [7, 11) is 0. The molecular formula is C21H23N3O5S2. The van der Waals surface area contributed by atoms with E-state index in [1.807, 2.05) is 0 Å². The number of ether oxygens (including phenoxy) is 2. The molecule has 1 aliphatic rings. The van der Waals surface area contributed by atoms with E-state index in [0.717, 1.165) is 10.2 Å². The molecule has 2 amide bonds. The third-order valence-corrected chi connectivity index (χ3v) is 6.42. The fourth-order valence-corrected chi connectivity index (χ4v) is 4.80. The molecule has 8 nitrogen and oxygen atoms in total. The first-order valence-corrected chi connectivity index (χ1v) is 11.8. The number of terminal acetylenes is 1. The van der Waals surface area contributed by atoms with Gasteiger partial charge in [-0.3, -0.25) is 9.59 Å². The van der Waals surface area contributed by atoms with Gasteiger partial charge in [0.25, 0.3) is 5.91 Å². The van der Waals surface area contributed by atoms with Crippen molar-refractivity contribution in [1.82, 2.24) is 9.47 Å². The summed E-state index contributed by atoms with van der Waals surface area (Å²) in [5, 5.41) is 0. The van der Waals surface area contributed by atoms with Gasteiger partial charge >= 0.3 is 5.97 Å². The molecule has 0 spiro atoms. The normalized spacial score (nSPS) is 14.5. The zero-order valence-electron chi connectivity index (χ0n) is 17.2. The summed E-state index contributed by atoms with van der Waals surface area (Å²) in [6.45, 7) is 4.54. The summed E-state index contributed by atoms with van der Waals surface area (Å²) in [5.74, 6) is 2.13. The van der Waals surface area contributed by atoms with E-state index in [-0.39, 0.29) is 29.9 Å². The van der Waals surface area contributed by atoms with Crippen LogP contribution in [0.15, 0.2) is 23.2 Å². The van der Waals surface area contributed by atoms with E-state index in [1.54, 1.807) is 34.6 Å². The maximum absolute atomic E-state index is 12.4. The predicted molar refractivity (Wildman–Crippen MR) is 120 cm³/mol. The van der Waals surface area contributed by atoms with Gasteiger partial charge in [-0.25, -0.2) is 4.79 Å². The lowest BCUT2D eigenvalue weighted by atomic mass is 10.2. The number of thiazole rings is 1. The summed E-state index contributed by atoms with van der Waals surface area (Å²) in [6.07, 6.45) is 5.49. The number of morpholine rings is 1. The van der Waals surface area contributed by atoms with Gasteiger partial charge in [0.1, 0.15) is 0 Å². The van der Waals surface area contributed by atoms with Crippen molar-refractivity contribution in [3.63, 3.8) is 0 Å². The number of carbonyl (C=O) groups is 3. The molecule has 3 rings (SSSR count). The minimum atomic E-state index is -0.405. The van der Waals surface area contributed by atoms with E-state index in [4.69, 9.17) is 15.9 Å². The van der Waals surface area contributed by atoms with E-state index < -0.39 is 5.97 Å². The van der Waals surface area contributed by atoms with Crippen LogP contribution in [-0.4, -0.2) is 71.7 Å². The lowest BCUT2D eigenvalue weighted by Gasteiger charge is -2.26. The molecule has 0 saturated carbocycles. The van der Waals surface area contributed by atoms with Crippen molar-refractivity contribution in [3.05, 3.63) is 28.6 Å². The Hall–Kier alpha value is -2.61. The Bertz CT molecular complexity index is 1080. The van der Waals surface area contributed by atoms with Crippen molar-refractivity contribution in [2.24, 2.45) is 4.99 Å². The fraction of sp³-hybridized carbons (Fsp3) is 0.429. The highest BCUT2D eigenvalue weighted by Gasteiger charge is 2.17. The van der Waals surface area contributed by atoms with E-state index in [2.05, 4.69) is 10.9 Å². The first-order valence-electron chi connectivity index (χ1n) is 9.78. The highest BCUT2D eigenvalue weighted by atomic mass is 32.2. The molecule has 2 heterocycles. The molecule has 0 radical (unpaired) electrons. The van der Waals surface area contributed by atoms with Crippen LogP contribution in [-0.2, 0) is 25.6 Å². The Balaban J connectivity index is 1.72. The Labute approximate surface area is 188 Å². The van der Waals surface area contributed by atoms with E-state index in [1.165, 1.54) is 23.1 Å². The van der Waals surface area contributed by atoms with Gasteiger partial charge in [0, 0.05) is 13.1 Å². The van der Waals surface area contributed by atoms with Crippen molar-refractivity contribution < 1.29 is 23.9 Å². The zero-order valence-corrected chi connectivity index (χ0v) is 18.8. The number of esters is 1. The van der Waals surface area contributed by atoms with Crippen LogP contribution in [0, 0.1) is 12.3 Å². The van der Waals surface area contributed by atoms with Crippen LogP contribution in [0.5, 0.6) is 0 Å². The molecule has 2 aromatic rings. The van der Waals surface area contributed by atoms with Gasteiger partial charge in [0.05, 0.1) is 53.7 Å². The third kappa shape index (κ3) is 5.97. The number of hydrogen-bond donors (Lipinski definition) is 0. The Morgan fingerprint density at radius 3 is 2.77 bits per heavy atom. The second-order valence-electron chi connectivity index (χ2n) is 6.57. The van der Waals surface area contributed by atoms with Crippen molar-refractivity contribution in [1.29, 1.82) is 0 Å². The summed E-state index contributed by atoms with van der Waals surface area (Å²) in [5.41, 5.74) is 1.22. The van der Waals surface area contributed by atoms with Crippen LogP contribution < -0.4 is 4.80 Å². The smallest absolute Gasteiger partial charge is 0.338 e. The van der Waals surface area contributed by atoms with Gasteiger partial charge in [-0.05, 0) is 25.1 Å². The first kappa shape index (κ1) is 23.1. The monoisotopic (exact) mass is 461 g/mol. The summed E-state index contributed by atoms with van der Waals surface area (Å²) < 4.78 is 12.8. The molecule has 0 bridgehead atoms. The van der Waals surface area contributed by atoms with Crippen LogP contribution in [0.3, 0.4) is 0 Å². The largest absolute Gasteiger partial charge is 0.462 e. The lowest BCUT2D eigenvalue weighted by Crippen LogP contribution is -2.41. The topological polar surface area (TPSA) is 90.2 Å². The van der Waals surface area contributed by atoms with Crippen molar-refractivity contribution in [2.75, 3.05) is 44.4 Å². The number of rotatable bonds is 7. The molecule has 10 heteroatoms. The molecule has 1 aliphatic heterocycles. The number of hydrogen-bond acceptors (Lipinski definition) is 7. The number of amides is 2. The van der Waals surface area contributed by atoms with E-state index in [0.29, 0.717) is 43.3 Å². The average Bonchev–Trinajstić information content (AvgIpc) is 3.10. The van der Waals surface area contributed by atoms with Gasteiger partial charge in [-0.1, -0.05) is 17.3 Å². The Morgan fingerprint density at radius 1 is 1.29 bits per heavy atom. The standard InChI is InChI=1S/C21H23N3O5S2/c1-3-7-24-16-6-5-15(20(27)29-4-2)12-17(16)31-21(24)22-18(25)13-30-14-19(26)23-8-10-28-11-9-23/h1,5-6,12H,4,7-11,13-14H2,2H3. The highest BCUT2D eigenvalue weighted by molar-refractivity contribution is 8.00. The molecule has 1 aromatic carbocycles. The molecular weight excluding hydrogens is 438 g/mol. The van der Waals surface area contributed by atoms with Crippen molar-refractivity contribution >= 4 is 51.1 Å². The molecule has 0 N–H and O–H groups in total. The molecule has 1 aromatic heterocycles. The van der Waals surface area contributed by atoms with Crippen LogP contribution in [0.1, 0.15) is 17.3 Å². The molecule has 164 valence electrons. The van der Waals surface area contributed by atoms with Gasteiger partial charge in [-0.2, -0.15) is 4.99 Å². The van der Waals surface area contributed by atoms with Crippen molar-refractivity contribution in [3.8, 4) is 12.3 Å². The van der Waals surface area contributed by atoms with Crippen LogP contribution >= 0.6 is 23.1 Å². The number of thioether (sulfide) groups is 1. The minimum absolute atomic E-state index is 0.00291. The number of carbonyl (C=O) groups excluding carboxylic acids is 3. The Kier molecular flexibility index (Phi) is 8.28. The molecule has 0 atom stereocenters. The quantitative estimate of drug-likeness (QED) is 0.459. The lowest BCUT2D eigenvalue weighted by molar-refractivity contribution is -0.132. The number of benzene rings is 1. The number of fused-ring (bicyclic) bond motifs is 1. The van der Waals surface area contributed by atoms with Crippen LogP contribution in [0.2, 0.25) is 0 Å². The SMILES string of the molecule is C#CCn1c(=NC(=O)CSCC(=O)N2CCOCC2)sc2cc(C(=O)OCC)ccc21. The summed E-state index contributed by atoms with van der Waals surface area (Å²) >= 11 is 2.52. The van der Waals surface area contributed by atoms with Gasteiger partial charge < -0.3 is 18.9 Å². The molecule has 0 unspecified atom stereocenters. The summed E-state index contributed by atoms with van der Waals surface area (Å²) in [6, 6.07) is 5.15. The predicted octanol–water partition coefficient (Wildman–Crippen LogP) is 1.53. The first-order chi connectivity index (χ1) is 15.0. The van der Waals surface area contributed by atoms with E-state index in [9.17, 15) is 14.4 Å². The average molecular weight is 462 g/mol. The number of aromatic nitrogens is 1. The second-order valence-corrected chi connectivity index (χ2v) is 8.56. The Morgan fingerprint density at radius 2 is 2.06 bits per heavy atom. The third-order valence-electron chi connectivity index (χ3n) is 4.48. The number of nitrogens with zero attached hydrogens (tertiary/aromatic N) is 3. The maximum atomic E-state index is 12.4. The molecule has 1 saturated heterocycles. The fourth-order valence-electron chi connectivity index (χ4n) is 3.01. The van der Waals surface area contributed by atoms with Gasteiger partial charge in [0.15, 0.2) is 4.80 Å². The van der Waals surface area contributed by atoms with Gasteiger partial charge in [0.2, 0.25) is 5.91 Å². The maximum Gasteiger partial charge on any atom is 0.338 e. The molecule has 0 aliphatic carbocycles. The van der Waals surface area contributed by atoms with Crippen LogP contribution in [0.25, 0.3) is 10.2 Å². The van der Waals surface area contributed by atoms with E-state index >= 15 is 0 Å². The zero-order chi connectivity index (χ0) is 22.2. The van der Waals surface area contributed by atoms with Crippen molar-refractivity contribution in [2.45, 2.75) is 13.5 Å². The second kappa shape index (κ2) is 11.1. The minimum Gasteiger partial charge on any atom is -0.462 e. The van der Waals surface area contributed by atoms with Gasteiger partial charge in [-0.15, -0.1) is 18.2 Å².